The van der Waals surface area contributed by atoms with Gasteiger partial charge in [0.25, 0.3) is 0 Å². The Morgan fingerprint density at radius 2 is 2.50 bits per heavy atom. The number of hydrogen-bond acceptors (Lipinski definition) is 7. The number of esters is 1. The highest BCUT2D eigenvalue weighted by molar-refractivity contribution is 7.13. The first-order valence-electron chi connectivity index (χ1n) is 5.38. The van der Waals surface area contributed by atoms with Crippen molar-refractivity contribution >= 4 is 39.8 Å². The number of halogens is 1. The van der Waals surface area contributed by atoms with E-state index < -0.39 is 5.97 Å². The number of carbonyl (C=O) groups is 1. The van der Waals surface area contributed by atoms with E-state index in [9.17, 15) is 4.79 Å². The van der Waals surface area contributed by atoms with Gasteiger partial charge in [0.1, 0.15) is 11.8 Å². The Morgan fingerprint density at radius 1 is 1.78 bits per heavy atom. The number of aromatic nitrogens is 1. The first-order chi connectivity index (χ1) is 8.61. The lowest BCUT2D eigenvalue weighted by Gasteiger charge is -2.03. The second kappa shape index (κ2) is 5.53. The van der Waals surface area contributed by atoms with Crippen molar-refractivity contribution in [1.82, 2.24) is 4.98 Å². The Kier molecular flexibility index (Phi) is 4.03. The normalized spacial score (nSPS) is 22.7. The van der Waals surface area contributed by atoms with Crippen LogP contribution in [0.3, 0.4) is 0 Å². The highest BCUT2D eigenvalue weighted by atomic mass is 35.5. The van der Waals surface area contributed by atoms with Gasteiger partial charge in [0.05, 0.1) is 12.0 Å². The van der Waals surface area contributed by atoms with Crippen molar-refractivity contribution in [3.63, 3.8) is 0 Å². The van der Waals surface area contributed by atoms with Crippen LogP contribution in [-0.4, -0.2) is 34.8 Å². The Balaban J connectivity index is 2.14. The molecule has 0 aliphatic heterocycles. The van der Waals surface area contributed by atoms with Crippen LogP contribution in [0.5, 0.6) is 0 Å². The highest BCUT2D eigenvalue weighted by Gasteiger charge is 2.38. The van der Waals surface area contributed by atoms with Crippen LogP contribution >= 0.6 is 22.9 Å². The number of anilines is 1. The summed E-state index contributed by atoms with van der Waals surface area (Å²) in [4.78, 5) is 20.8. The van der Waals surface area contributed by atoms with Gasteiger partial charge in [-0.1, -0.05) is 5.16 Å². The number of hydrogen-bond donors (Lipinski definition) is 1. The van der Waals surface area contributed by atoms with Crippen molar-refractivity contribution in [2.45, 2.75) is 24.8 Å². The van der Waals surface area contributed by atoms with E-state index in [1.165, 1.54) is 11.3 Å². The summed E-state index contributed by atoms with van der Waals surface area (Å²) in [6.45, 7) is 1.96. The van der Waals surface area contributed by atoms with Crippen molar-refractivity contribution in [1.29, 1.82) is 0 Å². The molecule has 0 amide bonds. The maximum Gasteiger partial charge on any atom is 0.362 e. The van der Waals surface area contributed by atoms with Gasteiger partial charge >= 0.3 is 5.97 Å². The molecule has 1 saturated carbocycles. The van der Waals surface area contributed by atoms with Crippen LogP contribution in [-0.2, 0) is 14.4 Å². The van der Waals surface area contributed by atoms with Crippen LogP contribution in [0.1, 0.15) is 19.0 Å². The summed E-state index contributed by atoms with van der Waals surface area (Å²) >= 11 is 7.00. The molecular weight excluding hydrogens is 278 g/mol. The van der Waals surface area contributed by atoms with Crippen molar-refractivity contribution in [3.05, 3.63) is 11.1 Å². The van der Waals surface area contributed by atoms with Crippen LogP contribution in [0, 0.1) is 0 Å². The molecule has 0 bridgehead atoms. The van der Waals surface area contributed by atoms with E-state index in [1.807, 2.05) is 0 Å². The van der Waals surface area contributed by atoms with Gasteiger partial charge < -0.3 is 15.3 Å². The molecule has 2 atom stereocenters. The Labute approximate surface area is 113 Å². The van der Waals surface area contributed by atoms with Crippen LogP contribution in [0.15, 0.2) is 10.5 Å². The first-order valence-corrected chi connectivity index (χ1v) is 6.69. The van der Waals surface area contributed by atoms with Crippen molar-refractivity contribution in [2.24, 2.45) is 5.16 Å². The number of alkyl halides is 1. The predicted molar refractivity (Wildman–Crippen MR) is 68.8 cm³/mol. The maximum atomic E-state index is 11.7. The van der Waals surface area contributed by atoms with Gasteiger partial charge in [-0.25, -0.2) is 9.78 Å². The Morgan fingerprint density at radius 3 is 3.00 bits per heavy atom. The molecule has 0 saturated heterocycles. The average Bonchev–Trinajstić information content (AvgIpc) is 2.84. The number of thiazole rings is 1. The molecule has 98 valence electrons. The molecule has 1 fully saturated rings. The smallest absolute Gasteiger partial charge is 0.362 e. The van der Waals surface area contributed by atoms with Crippen molar-refractivity contribution < 1.29 is 14.4 Å². The average molecular weight is 290 g/mol. The van der Waals surface area contributed by atoms with Gasteiger partial charge in [0, 0.05) is 11.8 Å². The van der Waals surface area contributed by atoms with E-state index in [4.69, 9.17) is 26.9 Å². The number of rotatable bonds is 5. The van der Waals surface area contributed by atoms with Gasteiger partial charge in [-0.05, 0) is 6.92 Å². The van der Waals surface area contributed by atoms with Gasteiger partial charge in [0.2, 0.25) is 5.71 Å². The van der Waals surface area contributed by atoms with Gasteiger partial charge in [-0.2, -0.15) is 0 Å². The summed E-state index contributed by atoms with van der Waals surface area (Å²) in [6.07, 6.45) is 0.576. The molecule has 8 heteroatoms. The van der Waals surface area contributed by atoms with E-state index in [2.05, 4.69) is 10.1 Å². The minimum Gasteiger partial charge on any atom is -0.461 e. The Hall–Kier alpha value is -1.34. The summed E-state index contributed by atoms with van der Waals surface area (Å²) in [7, 11) is 0. The molecule has 1 aromatic heterocycles. The molecule has 2 unspecified atom stereocenters. The molecule has 0 aromatic carbocycles. The molecule has 0 radical (unpaired) electrons. The number of nitrogens with two attached hydrogens (primary N) is 1. The van der Waals surface area contributed by atoms with E-state index in [1.54, 1.807) is 12.3 Å². The van der Waals surface area contributed by atoms with Crippen molar-refractivity contribution in [3.8, 4) is 0 Å². The van der Waals surface area contributed by atoms with Crippen LogP contribution in [0.4, 0.5) is 5.13 Å². The molecule has 1 aliphatic carbocycles. The molecule has 18 heavy (non-hydrogen) atoms. The standard InChI is InChI=1S/C10H12ClN3O3S/c1-2-16-9(15)8(6-4-18-10(12)13-6)14-17-7-3-5(7)11/h4-5,7H,2-3H2,1H3,(H2,12,13). The number of nitrogens with zero attached hydrogens (tertiary/aromatic N) is 2. The molecule has 1 aliphatic rings. The van der Waals surface area contributed by atoms with Gasteiger partial charge in [-0.15, -0.1) is 22.9 Å². The number of carbonyl (C=O) groups excluding carboxylic acids is 1. The summed E-state index contributed by atoms with van der Waals surface area (Å²) in [5.74, 6) is -0.588. The SMILES string of the molecule is CCOC(=O)C(=NOC1CC1Cl)c1csc(N)n1. The van der Waals surface area contributed by atoms with E-state index in [0.717, 1.165) is 6.42 Å². The molecular formula is C10H12ClN3O3S. The van der Waals surface area contributed by atoms with Gasteiger partial charge in [0.15, 0.2) is 5.13 Å². The minimum absolute atomic E-state index is 0.0144. The third-order valence-electron chi connectivity index (χ3n) is 2.17. The van der Waals surface area contributed by atoms with E-state index in [-0.39, 0.29) is 23.8 Å². The lowest BCUT2D eigenvalue weighted by Crippen LogP contribution is -2.20. The fourth-order valence-corrected chi connectivity index (χ4v) is 1.93. The topological polar surface area (TPSA) is 86.8 Å². The van der Waals surface area contributed by atoms with Crippen LogP contribution in [0.25, 0.3) is 0 Å². The number of nitrogen functional groups attached to an aromatic ring is 1. The second-order valence-electron chi connectivity index (χ2n) is 3.63. The predicted octanol–water partition coefficient (Wildman–Crippen LogP) is 1.39. The molecule has 2 rings (SSSR count). The van der Waals surface area contributed by atoms with Crippen LogP contribution < -0.4 is 5.73 Å². The zero-order valence-corrected chi connectivity index (χ0v) is 11.2. The molecule has 0 spiro atoms. The van der Waals surface area contributed by atoms with Gasteiger partial charge in [-0.3, -0.25) is 0 Å². The highest BCUT2D eigenvalue weighted by Crippen LogP contribution is 2.31. The lowest BCUT2D eigenvalue weighted by molar-refractivity contribution is -0.135. The third-order valence-corrected chi connectivity index (χ3v) is 3.30. The summed E-state index contributed by atoms with van der Waals surface area (Å²) in [5.41, 5.74) is 5.88. The fraction of sp³-hybridized carbons (Fsp3) is 0.500. The van der Waals surface area contributed by atoms with Crippen molar-refractivity contribution in [2.75, 3.05) is 12.3 Å². The Bertz CT molecular complexity index is 477. The van der Waals surface area contributed by atoms with E-state index in [0.29, 0.717) is 10.8 Å². The zero-order valence-electron chi connectivity index (χ0n) is 9.63. The van der Waals surface area contributed by atoms with E-state index >= 15 is 0 Å². The first kappa shape index (κ1) is 13.1. The monoisotopic (exact) mass is 289 g/mol. The quantitative estimate of drug-likeness (QED) is 0.383. The number of ether oxygens (including phenoxy) is 1. The summed E-state index contributed by atoms with van der Waals surface area (Å²) in [6, 6.07) is 0. The largest absolute Gasteiger partial charge is 0.461 e. The number of oxime groups is 1. The lowest BCUT2D eigenvalue weighted by atomic mass is 10.3. The summed E-state index contributed by atoms with van der Waals surface area (Å²) < 4.78 is 4.89. The molecule has 1 aromatic rings. The molecule has 6 nitrogen and oxygen atoms in total. The fourth-order valence-electron chi connectivity index (χ4n) is 1.16. The zero-order chi connectivity index (χ0) is 13.1. The maximum absolute atomic E-state index is 11.7. The second-order valence-corrected chi connectivity index (χ2v) is 5.08. The molecule has 1 heterocycles. The summed E-state index contributed by atoms with van der Waals surface area (Å²) in [5, 5.41) is 5.72. The minimum atomic E-state index is -0.588. The third kappa shape index (κ3) is 3.11. The van der Waals surface area contributed by atoms with Crippen LogP contribution in [0.2, 0.25) is 0 Å². The molecule has 2 N–H and O–H groups in total.